The van der Waals surface area contributed by atoms with Crippen molar-refractivity contribution < 1.29 is 4.79 Å². The van der Waals surface area contributed by atoms with E-state index in [9.17, 15) is 0 Å². The number of hydrogen-bond acceptors (Lipinski definition) is 1. The number of rotatable bonds is 3. The van der Waals surface area contributed by atoms with Gasteiger partial charge in [-0.25, -0.2) is 0 Å². The van der Waals surface area contributed by atoms with E-state index >= 15 is 0 Å². The van der Waals surface area contributed by atoms with Crippen LogP contribution in [0, 0.1) is 5.92 Å². The van der Waals surface area contributed by atoms with Crippen LogP contribution in [-0.4, -0.2) is 6.08 Å². The van der Waals surface area contributed by atoms with Crippen LogP contribution in [-0.2, 0) is 4.79 Å². The van der Waals surface area contributed by atoms with E-state index in [0.717, 1.165) is 5.92 Å². The van der Waals surface area contributed by atoms with Crippen molar-refractivity contribution in [3.05, 3.63) is 5.41 Å². The lowest BCUT2D eigenvalue weighted by Gasteiger charge is -2.05. The Hall–Kier alpha value is -0.620. The number of isocyanates is 1. The Bertz CT molecular complexity index is 75.7. The van der Waals surface area contributed by atoms with E-state index in [-0.39, 0.29) is 0 Å². The largest absolute Gasteiger partial charge is 0.724 e. The van der Waals surface area contributed by atoms with Crippen LogP contribution in [0.2, 0.25) is 0 Å². The van der Waals surface area contributed by atoms with Gasteiger partial charge in [-0.05, 0) is 12.0 Å². The fourth-order valence-corrected chi connectivity index (χ4v) is 0.866. The molecule has 0 atom stereocenters. The predicted molar refractivity (Wildman–Crippen MR) is 43.4 cm³/mol. The molecule has 2 heteroatoms. The summed E-state index contributed by atoms with van der Waals surface area (Å²) in [5, 5.41) is 6.76. The molecule has 2 nitrogen and oxygen atoms in total. The molecule has 0 rings (SSSR count). The lowest BCUT2D eigenvalue weighted by atomic mass is 10.0. The summed E-state index contributed by atoms with van der Waals surface area (Å²) in [5.74, 6) is 0.986. The van der Waals surface area contributed by atoms with Gasteiger partial charge in [0.15, 0.2) is 0 Å². The molecule has 0 amide bonds. The SMILES string of the molecule is CCC(CC)CC.[N-]=C=O. The molecule has 60 valence electrons. The molecule has 0 fully saturated rings. The van der Waals surface area contributed by atoms with Crippen molar-refractivity contribution in [1.82, 2.24) is 0 Å². The van der Waals surface area contributed by atoms with Crippen LogP contribution in [0.1, 0.15) is 40.0 Å². The quantitative estimate of drug-likeness (QED) is 0.441. The van der Waals surface area contributed by atoms with Gasteiger partial charge in [0.1, 0.15) is 0 Å². The van der Waals surface area contributed by atoms with Gasteiger partial charge in [0.25, 0.3) is 0 Å². The zero-order valence-electron chi connectivity index (χ0n) is 7.05. The van der Waals surface area contributed by atoms with Crippen molar-refractivity contribution in [2.75, 3.05) is 0 Å². The van der Waals surface area contributed by atoms with Crippen LogP contribution >= 0.6 is 0 Å². The summed E-state index contributed by atoms with van der Waals surface area (Å²) in [7, 11) is 0. The standard InChI is InChI=1S/C7H16.CNO/c1-4-7(5-2)6-3;2-1-3/h7H,4-6H2,1-3H3;/q;-1. The minimum absolute atomic E-state index is 0.500. The van der Waals surface area contributed by atoms with Gasteiger partial charge in [0, 0.05) is 0 Å². The average Bonchev–Trinajstić information content (AvgIpc) is 1.93. The van der Waals surface area contributed by atoms with Gasteiger partial charge in [-0.3, -0.25) is 4.79 Å². The minimum Gasteiger partial charge on any atom is -0.724 e. The molecule has 10 heavy (non-hydrogen) atoms. The van der Waals surface area contributed by atoms with Crippen molar-refractivity contribution >= 4 is 6.08 Å². The lowest BCUT2D eigenvalue weighted by molar-refractivity contribution is 0.477. The third-order valence-corrected chi connectivity index (χ3v) is 1.73. The summed E-state index contributed by atoms with van der Waals surface area (Å²) in [6.45, 7) is 6.78. The highest BCUT2D eigenvalue weighted by molar-refractivity contribution is 5.36. The Morgan fingerprint density at radius 1 is 1.20 bits per heavy atom. The summed E-state index contributed by atoms with van der Waals surface area (Å²) in [6, 6.07) is 0. The van der Waals surface area contributed by atoms with Gasteiger partial charge < -0.3 is 5.41 Å². The normalized spacial score (nSPS) is 8.00. The van der Waals surface area contributed by atoms with Crippen LogP contribution in [0.25, 0.3) is 5.41 Å². The van der Waals surface area contributed by atoms with Crippen molar-refractivity contribution in [2.45, 2.75) is 40.0 Å². The van der Waals surface area contributed by atoms with Crippen LogP contribution in [0.5, 0.6) is 0 Å². The van der Waals surface area contributed by atoms with E-state index < -0.39 is 0 Å². The van der Waals surface area contributed by atoms with E-state index in [4.69, 9.17) is 10.2 Å². The zero-order chi connectivity index (χ0) is 8.41. The second kappa shape index (κ2) is 11.2. The molecule has 0 aliphatic carbocycles. The number of carbonyl (C=O) groups excluding carboxylic acids is 1. The Kier molecular flexibility index (Phi) is 13.6. The van der Waals surface area contributed by atoms with Gasteiger partial charge in [-0.2, -0.15) is 0 Å². The first-order valence-corrected chi connectivity index (χ1v) is 3.77. The second-order valence-electron chi connectivity index (χ2n) is 2.18. The molecule has 0 bridgehead atoms. The highest BCUT2D eigenvalue weighted by Crippen LogP contribution is 2.09. The molecule has 0 aliphatic rings. The Morgan fingerprint density at radius 3 is 1.40 bits per heavy atom. The number of hydrogen-bond donors (Lipinski definition) is 0. The molecule has 0 aromatic carbocycles. The summed E-state index contributed by atoms with van der Waals surface area (Å²) in [4.78, 5) is 8.24. The van der Waals surface area contributed by atoms with Crippen LogP contribution in [0.3, 0.4) is 0 Å². The topological polar surface area (TPSA) is 39.4 Å². The van der Waals surface area contributed by atoms with E-state index in [1.54, 1.807) is 0 Å². The molecule has 0 radical (unpaired) electrons. The lowest BCUT2D eigenvalue weighted by Crippen LogP contribution is -1.91. The van der Waals surface area contributed by atoms with Crippen LogP contribution < -0.4 is 0 Å². The molecule has 0 unspecified atom stereocenters. The molecule has 0 aromatic heterocycles. The van der Waals surface area contributed by atoms with Crippen LogP contribution in [0.4, 0.5) is 0 Å². The second-order valence-corrected chi connectivity index (χ2v) is 2.18. The molecule has 0 heterocycles. The zero-order valence-corrected chi connectivity index (χ0v) is 7.05. The van der Waals surface area contributed by atoms with E-state index in [0.29, 0.717) is 6.08 Å². The van der Waals surface area contributed by atoms with Gasteiger partial charge >= 0.3 is 0 Å². The Labute approximate surface area is 63.1 Å². The first-order valence-electron chi connectivity index (χ1n) is 3.77. The summed E-state index contributed by atoms with van der Waals surface area (Å²) in [5.41, 5.74) is 0. The summed E-state index contributed by atoms with van der Waals surface area (Å²) >= 11 is 0. The third kappa shape index (κ3) is 10.4. The van der Waals surface area contributed by atoms with E-state index in [1.807, 2.05) is 0 Å². The third-order valence-electron chi connectivity index (χ3n) is 1.73. The highest BCUT2D eigenvalue weighted by atomic mass is 16.1. The van der Waals surface area contributed by atoms with Gasteiger partial charge in [0.05, 0.1) is 0 Å². The first kappa shape index (κ1) is 12.1. The highest BCUT2D eigenvalue weighted by Gasteiger charge is 1.95. The Balaban J connectivity index is 0. The molecule has 0 N–H and O–H groups in total. The van der Waals surface area contributed by atoms with Gasteiger partial charge in [0.2, 0.25) is 0 Å². The predicted octanol–water partition coefficient (Wildman–Crippen LogP) is 2.72. The molecule has 0 aliphatic heterocycles. The van der Waals surface area contributed by atoms with Crippen molar-refractivity contribution in [1.29, 1.82) is 0 Å². The molecule has 0 saturated heterocycles. The van der Waals surface area contributed by atoms with Crippen molar-refractivity contribution in [3.8, 4) is 0 Å². The van der Waals surface area contributed by atoms with Crippen LogP contribution in [0.15, 0.2) is 0 Å². The fourth-order valence-electron chi connectivity index (χ4n) is 0.866. The van der Waals surface area contributed by atoms with Crippen molar-refractivity contribution in [2.24, 2.45) is 5.92 Å². The molecular weight excluding hydrogens is 126 g/mol. The monoisotopic (exact) mass is 142 g/mol. The first-order chi connectivity index (χ1) is 4.76. The maximum atomic E-state index is 8.24. The van der Waals surface area contributed by atoms with E-state index in [2.05, 4.69) is 20.8 Å². The van der Waals surface area contributed by atoms with E-state index in [1.165, 1.54) is 19.3 Å². The number of nitrogens with zero attached hydrogens (tertiary/aromatic N) is 1. The molecule has 0 saturated carbocycles. The van der Waals surface area contributed by atoms with Gasteiger partial charge in [-0.1, -0.05) is 40.0 Å². The minimum atomic E-state index is 0.500. The molecule has 0 aromatic rings. The maximum Gasteiger partial charge on any atom is -0.0159 e. The fraction of sp³-hybridized carbons (Fsp3) is 0.875. The van der Waals surface area contributed by atoms with Crippen molar-refractivity contribution in [3.63, 3.8) is 0 Å². The maximum absolute atomic E-state index is 8.24. The Morgan fingerprint density at radius 2 is 1.40 bits per heavy atom. The molecular formula is C8H16NO-. The average molecular weight is 142 g/mol. The van der Waals surface area contributed by atoms with Gasteiger partial charge in [-0.15, -0.1) is 0 Å². The smallest absolute Gasteiger partial charge is 0.0159 e. The summed E-state index contributed by atoms with van der Waals surface area (Å²) in [6.07, 6.45) is 4.56. The summed E-state index contributed by atoms with van der Waals surface area (Å²) < 4.78 is 0. The molecule has 0 spiro atoms.